The van der Waals surface area contributed by atoms with Crippen LogP contribution in [0.5, 0.6) is 17.5 Å². The average molecular weight is 443 g/mol. The second-order valence-electron chi connectivity index (χ2n) is 7.64. The molecule has 33 heavy (non-hydrogen) atoms. The van der Waals surface area contributed by atoms with Crippen LogP contribution < -0.4 is 9.47 Å². The Morgan fingerprint density at radius 3 is 2.58 bits per heavy atom. The summed E-state index contributed by atoms with van der Waals surface area (Å²) in [7, 11) is 0. The Kier molecular flexibility index (Phi) is 5.73. The number of nitrogens with zero attached hydrogens (tertiary/aromatic N) is 3. The van der Waals surface area contributed by atoms with Gasteiger partial charge in [0.25, 0.3) is 0 Å². The Morgan fingerprint density at radius 1 is 1.03 bits per heavy atom. The summed E-state index contributed by atoms with van der Waals surface area (Å²) in [6.45, 7) is 1.16. The molecule has 8 nitrogen and oxygen atoms in total. The van der Waals surface area contributed by atoms with Gasteiger partial charge in [0, 0.05) is 10.5 Å². The number of fused-ring (bicyclic) bond motifs is 1. The van der Waals surface area contributed by atoms with Crippen LogP contribution in [-0.2, 0) is 17.9 Å². The summed E-state index contributed by atoms with van der Waals surface area (Å²) in [6.07, 6.45) is 1.15. The minimum atomic E-state index is -0.533. The van der Waals surface area contributed by atoms with E-state index in [1.165, 1.54) is 6.20 Å². The van der Waals surface area contributed by atoms with Crippen LogP contribution in [-0.4, -0.2) is 27.2 Å². The first-order valence-corrected chi connectivity index (χ1v) is 10.5. The van der Waals surface area contributed by atoms with Crippen molar-refractivity contribution in [2.75, 3.05) is 6.61 Å². The fourth-order valence-electron chi connectivity index (χ4n) is 3.66. The Labute approximate surface area is 190 Å². The molecule has 0 radical (unpaired) electrons. The van der Waals surface area contributed by atoms with Gasteiger partial charge in [-0.25, -0.2) is 0 Å². The molecule has 1 aliphatic heterocycles. The predicted octanol–water partition coefficient (Wildman–Crippen LogP) is 5.23. The Morgan fingerprint density at radius 2 is 1.79 bits per heavy atom. The highest BCUT2D eigenvalue weighted by Crippen LogP contribution is 2.33. The molecular formula is C25H21N3O5. The molecular weight excluding hydrogens is 422 g/mol. The molecule has 0 unspecified atom stereocenters. The quantitative estimate of drug-likeness (QED) is 0.287. The predicted molar refractivity (Wildman–Crippen MR) is 121 cm³/mol. The highest BCUT2D eigenvalue weighted by molar-refractivity contribution is 5.71. The van der Waals surface area contributed by atoms with E-state index in [1.807, 2.05) is 78.9 Å². The number of benzene rings is 3. The Hall–Kier alpha value is -4.17. The summed E-state index contributed by atoms with van der Waals surface area (Å²) < 4.78 is 19.2. The molecule has 0 spiro atoms. The largest absolute Gasteiger partial charge is 0.457 e. The summed E-state index contributed by atoms with van der Waals surface area (Å²) in [4.78, 5) is 14.2. The van der Waals surface area contributed by atoms with Crippen LogP contribution in [0.2, 0.25) is 0 Å². The van der Waals surface area contributed by atoms with Crippen molar-refractivity contribution in [3.63, 3.8) is 0 Å². The number of nitro groups is 1. The van der Waals surface area contributed by atoms with E-state index in [4.69, 9.17) is 14.2 Å². The van der Waals surface area contributed by atoms with Crippen LogP contribution in [0.1, 0.15) is 5.56 Å². The van der Waals surface area contributed by atoms with Crippen molar-refractivity contribution in [2.45, 2.75) is 19.3 Å². The molecule has 5 rings (SSSR count). The molecule has 1 aromatic heterocycles. The summed E-state index contributed by atoms with van der Waals surface area (Å²) in [5, 5.41) is 10.9. The van der Waals surface area contributed by atoms with Crippen LogP contribution in [0.15, 0.2) is 85.1 Å². The van der Waals surface area contributed by atoms with Gasteiger partial charge in [0.15, 0.2) is 0 Å². The number of hydrogen-bond acceptors (Lipinski definition) is 6. The van der Waals surface area contributed by atoms with Crippen LogP contribution in [0.4, 0.5) is 5.82 Å². The molecule has 1 aliphatic rings. The Bertz CT molecular complexity index is 1250. The average Bonchev–Trinajstić information content (AvgIpc) is 3.28. The molecule has 166 valence electrons. The lowest BCUT2D eigenvalue weighted by molar-refractivity contribution is -0.389. The minimum absolute atomic E-state index is 0.217. The van der Waals surface area contributed by atoms with Crippen LogP contribution >= 0.6 is 0 Å². The van der Waals surface area contributed by atoms with Gasteiger partial charge >= 0.3 is 11.8 Å². The van der Waals surface area contributed by atoms with Crippen LogP contribution in [0, 0.1) is 10.1 Å². The van der Waals surface area contributed by atoms with Crippen molar-refractivity contribution < 1.29 is 19.1 Å². The van der Waals surface area contributed by atoms with Crippen molar-refractivity contribution in [2.24, 2.45) is 0 Å². The molecule has 0 saturated heterocycles. The standard InChI is InChI=1S/C25H21N3O5/c29-28(30)24-15-27-14-21(17-32-25(27)26-24)31-16-18-10-12-19(13-11-18)22-8-4-5-9-23(22)33-20-6-2-1-3-7-20/h1-13,15,21H,14,16-17H2/t21-/m0/s1. The minimum Gasteiger partial charge on any atom is -0.457 e. The van der Waals surface area contributed by atoms with E-state index in [1.54, 1.807) is 4.57 Å². The number of aromatic nitrogens is 2. The monoisotopic (exact) mass is 443 g/mol. The normalized spacial score (nSPS) is 14.8. The van der Waals surface area contributed by atoms with E-state index >= 15 is 0 Å². The molecule has 0 fully saturated rings. The van der Waals surface area contributed by atoms with Gasteiger partial charge in [-0.3, -0.25) is 4.57 Å². The molecule has 1 atom stereocenters. The number of ether oxygens (including phenoxy) is 3. The summed E-state index contributed by atoms with van der Waals surface area (Å²) in [5.74, 6) is 1.35. The van der Waals surface area contributed by atoms with Gasteiger partial charge in [-0.05, 0) is 34.2 Å². The molecule has 0 aliphatic carbocycles. The topological polar surface area (TPSA) is 88.7 Å². The van der Waals surface area contributed by atoms with E-state index in [2.05, 4.69) is 4.98 Å². The number of rotatable bonds is 7. The first-order valence-electron chi connectivity index (χ1n) is 10.5. The number of hydrogen-bond donors (Lipinski definition) is 0. The molecule has 0 N–H and O–H groups in total. The van der Waals surface area contributed by atoms with Crippen molar-refractivity contribution >= 4 is 5.82 Å². The smallest absolute Gasteiger partial charge is 0.414 e. The van der Waals surface area contributed by atoms with Gasteiger partial charge in [0.05, 0.1) is 13.2 Å². The lowest BCUT2D eigenvalue weighted by Crippen LogP contribution is -2.32. The molecule has 0 saturated carbocycles. The molecule has 4 aromatic rings. The van der Waals surface area contributed by atoms with Gasteiger partial charge in [-0.1, -0.05) is 60.7 Å². The molecule has 8 heteroatoms. The number of para-hydroxylation sites is 2. The van der Waals surface area contributed by atoms with Crippen LogP contribution in [0.3, 0.4) is 0 Å². The summed E-state index contributed by atoms with van der Waals surface area (Å²) in [6, 6.07) is 26.0. The fourth-order valence-corrected chi connectivity index (χ4v) is 3.66. The van der Waals surface area contributed by atoms with Gasteiger partial charge in [0.1, 0.15) is 30.4 Å². The van der Waals surface area contributed by atoms with E-state index < -0.39 is 4.92 Å². The highest BCUT2D eigenvalue weighted by atomic mass is 16.6. The van der Waals surface area contributed by atoms with E-state index in [0.29, 0.717) is 19.8 Å². The molecule has 0 bridgehead atoms. The van der Waals surface area contributed by atoms with E-state index in [0.717, 1.165) is 28.2 Å². The number of imidazole rings is 1. The molecule has 0 amide bonds. The van der Waals surface area contributed by atoms with Gasteiger partial charge in [0.2, 0.25) is 0 Å². The Balaban J connectivity index is 1.23. The van der Waals surface area contributed by atoms with E-state index in [9.17, 15) is 10.1 Å². The highest BCUT2D eigenvalue weighted by Gasteiger charge is 2.28. The SMILES string of the molecule is O=[N+]([O-])c1cn2c(n1)OC[C@@H](OCc1ccc(-c3ccccc3Oc3ccccc3)cc1)C2. The van der Waals surface area contributed by atoms with Crippen molar-refractivity contribution in [3.8, 4) is 28.6 Å². The van der Waals surface area contributed by atoms with Gasteiger partial charge in [-0.15, -0.1) is 0 Å². The maximum Gasteiger partial charge on any atom is 0.414 e. The zero-order valence-electron chi connectivity index (χ0n) is 17.7. The first-order chi connectivity index (χ1) is 16.2. The molecule has 3 aromatic carbocycles. The zero-order chi connectivity index (χ0) is 22.6. The van der Waals surface area contributed by atoms with Crippen LogP contribution in [0.25, 0.3) is 11.1 Å². The lowest BCUT2D eigenvalue weighted by Gasteiger charge is -2.22. The third-order valence-electron chi connectivity index (χ3n) is 5.32. The molecule has 2 heterocycles. The second-order valence-corrected chi connectivity index (χ2v) is 7.64. The van der Waals surface area contributed by atoms with E-state index in [-0.39, 0.29) is 17.9 Å². The van der Waals surface area contributed by atoms with Gasteiger partial charge in [-0.2, -0.15) is 0 Å². The summed E-state index contributed by atoms with van der Waals surface area (Å²) >= 11 is 0. The van der Waals surface area contributed by atoms with Crippen molar-refractivity contribution in [3.05, 3.63) is 101 Å². The third kappa shape index (κ3) is 4.70. The maximum absolute atomic E-state index is 10.9. The third-order valence-corrected chi connectivity index (χ3v) is 5.32. The maximum atomic E-state index is 10.9. The summed E-state index contributed by atoms with van der Waals surface area (Å²) in [5.41, 5.74) is 3.06. The van der Waals surface area contributed by atoms with Gasteiger partial charge < -0.3 is 24.3 Å². The first kappa shape index (κ1) is 20.7. The van der Waals surface area contributed by atoms with Crippen molar-refractivity contribution in [1.29, 1.82) is 0 Å². The lowest BCUT2D eigenvalue weighted by atomic mass is 10.0. The second kappa shape index (κ2) is 9.13. The van der Waals surface area contributed by atoms with Crippen molar-refractivity contribution in [1.82, 2.24) is 9.55 Å². The zero-order valence-corrected chi connectivity index (χ0v) is 17.7. The fraction of sp³-hybridized carbons (Fsp3) is 0.160.